The fourth-order valence-corrected chi connectivity index (χ4v) is 7.82. The molecular formula is C27H27F3N4O3S2. The second-order valence-electron chi connectivity index (χ2n) is 9.99. The molecule has 1 aromatic carbocycles. The first-order valence-electron chi connectivity index (χ1n) is 12.9. The van der Waals surface area contributed by atoms with Crippen LogP contribution in [0.5, 0.6) is 0 Å². The van der Waals surface area contributed by atoms with Gasteiger partial charge in [-0.15, -0.1) is 11.3 Å². The molecule has 4 heterocycles. The molecule has 7 nitrogen and oxygen atoms in total. The van der Waals surface area contributed by atoms with E-state index >= 15 is 0 Å². The molecule has 2 fully saturated rings. The summed E-state index contributed by atoms with van der Waals surface area (Å²) in [5.41, 5.74) is 0.455. The van der Waals surface area contributed by atoms with Gasteiger partial charge in [0.15, 0.2) is 11.3 Å². The molecule has 0 N–H and O–H groups in total. The molecule has 4 aromatic rings. The number of benzene rings is 1. The van der Waals surface area contributed by atoms with E-state index in [2.05, 4.69) is 14.9 Å². The molecular weight excluding hydrogens is 549 g/mol. The molecule has 3 aromatic heterocycles. The summed E-state index contributed by atoms with van der Waals surface area (Å²) >= 11 is 0.839. The summed E-state index contributed by atoms with van der Waals surface area (Å²) in [5, 5.41) is 1.53. The fourth-order valence-electron chi connectivity index (χ4n) is 5.62. The number of ether oxygens (including phenoxy) is 1. The van der Waals surface area contributed by atoms with Crippen molar-refractivity contribution in [2.45, 2.75) is 48.7 Å². The fraction of sp³-hybridized carbons (Fsp3) is 0.407. The van der Waals surface area contributed by atoms with E-state index in [9.17, 15) is 21.6 Å². The van der Waals surface area contributed by atoms with E-state index in [-0.39, 0.29) is 21.5 Å². The second kappa shape index (κ2) is 10.3. The lowest BCUT2D eigenvalue weighted by atomic mass is 9.81. The van der Waals surface area contributed by atoms with Gasteiger partial charge >= 0.3 is 6.18 Å². The van der Waals surface area contributed by atoms with E-state index in [0.29, 0.717) is 17.0 Å². The normalized spacial score (nSPS) is 21.4. The molecule has 2 aliphatic rings. The van der Waals surface area contributed by atoms with Crippen LogP contribution in [0.15, 0.2) is 59.1 Å². The van der Waals surface area contributed by atoms with Gasteiger partial charge in [-0.25, -0.2) is 22.4 Å². The molecule has 1 aliphatic heterocycles. The first kappa shape index (κ1) is 26.4. The Morgan fingerprint density at radius 3 is 2.41 bits per heavy atom. The van der Waals surface area contributed by atoms with E-state index < -0.39 is 21.9 Å². The number of aromatic nitrogens is 3. The first-order chi connectivity index (χ1) is 18.7. The van der Waals surface area contributed by atoms with Crippen molar-refractivity contribution in [2.75, 3.05) is 26.3 Å². The number of morpholine rings is 1. The van der Waals surface area contributed by atoms with Gasteiger partial charge in [0.05, 0.1) is 18.1 Å². The van der Waals surface area contributed by atoms with Crippen LogP contribution >= 0.6 is 11.3 Å². The second-order valence-corrected chi connectivity index (χ2v) is 12.7. The van der Waals surface area contributed by atoms with Crippen molar-refractivity contribution < 1.29 is 26.3 Å². The molecule has 6 rings (SSSR count). The van der Waals surface area contributed by atoms with Gasteiger partial charge in [-0.05, 0) is 55.4 Å². The van der Waals surface area contributed by atoms with Gasteiger partial charge in [0.1, 0.15) is 5.01 Å². The van der Waals surface area contributed by atoms with Crippen LogP contribution in [-0.4, -0.2) is 59.6 Å². The molecule has 0 bridgehead atoms. The quantitative estimate of drug-likeness (QED) is 0.300. The van der Waals surface area contributed by atoms with Crippen molar-refractivity contribution >= 4 is 32.4 Å². The molecule has 12 heteroatoms. The minimum atomic E-state index is -4.59. The Hall–Kier alpha value is -2.80. The molecule has 0 atom stereocenters. The van der Waals surface area contributed by atoms with Crippen molar-refractivity contribution in [3.8, 4) is 10.6 Å². The molecule has 1 aliphatic carbocycles. The summed E-state index contributed by atoms with van der Waals surface area (Å²) in [7, 11) is -4.04. The predicted octanol–water partition coefficient (Wildman–Crippen LogP) is 5.77. The Labute approximate surface area is 228 Å². The number of pyridine rings is 1. The van der Waals surface area contributed by atoms with Crippen LogP contribution in [0.4, 0.5) is 13.2 Å². The summed E-state index contributed by atoms with van der Waals surface area (Å²) < 4.78 is 73.6. The van der Waals surface area contributed by atoms with Crippen LogP contribution in [0.25, 0.3) is 21.6 Å². The Balaban J connectivity index is 1.38. The third kappa shape index (κ3) is 5.10. The molecule has 0 spiro atoms. The van der Waals surface area contributed by atoms with E-state index in [0.717, 1.165) is 78.2 Å². The number of halogens is 3. The van der Waals surface area contributed by atoms with E-state index in [1.54, 1.807) is 24.4 Å². The number of rotatable bonds is 5. The van der Waals surface area contributed by atoms with Gasteiger partial charge in [0.25, 0.3) is 10.0 Å². The maximum Gasteiger partial charge on any atom is 0.434 e. The molecule has 39 heavy (non-hydrogen) atoms. The largest absolute Gasteiger partial charge is 0.434 e. The number of fused-ring (bicyclic) bond motifs is 1. The van der Waals surface area contributed by atoms with Gasteiger partial charge in [0, 0.05) is 47.9 Å². The molecule has 206 valence electrons. The summed E-state index contributed by atoms with van der Waals surface area (Å²) in [6.45, 7) is 3.42. The Morgan fingerprint density at radius 2 is 1.74 bits per heavy atom. The zero-order chi connectivity index (χ0) is 27.2. The van der Waals surface area contributed by atoms with Crippen LogP contribution < -0.4 is 0 Å². The topological polar surface area (TPSA) is 77.3 Å². The molecule has 0 unspecified atom stereocenters. The molecule has 1 saturated carbocycles. The van der Waals surface area contributed by atoms with Gasteiger partial charge in [-0.1, -0.05) is 18.2 Å². The Bertz CT molecular complexity index is 1570. The predicted molar refractivity (Wildman–Crippen MR) is 142 cm³/mol. The number of hydrogen-bond donors (Lipinski definition) is 0. The van der Waals surface area contributed by atoms with Gasteiger partial charge in [-0.2, -0.15) is 13.2 Å². The average Bonchev–Trinajstić information content (AvgIpc) is 3.60. The van der Waals surface area contributed by atoms with Gasteiger partial charge in [-0.3, -0.25) is 4.90 Å². The lowest BCUT2D eigenvalue weighted by Gasteiger charge is -2.38. The Kier molecular flexibility index (Phi) is 6.98. The van der Waals surface area contributed by atoms with Crippen LogP contribution in [0.1, 0.15) is 42.9 Å². The maximum atomic E-state index is 13.5. The third-order valence-corrected chi connectivity index (χ3v) is 10.2. The zero-order valence-electron chi connectivity index (χ0n) is 21.0. The van der Waals surface area contributed by atoms with Crippen molar-refractivity contribution in [3.05, 3.63) is 65.4 Å². The number of alkyl halides is 3. The molecule has 0 amide bonds. The Morgan fingerprint density at radius 1 is 1.03 bits per heavy atom. The standard InChI is InChI=1S/C27H27F3N4O3S2/c28-27(29,30)24-17-38-26(32-24)23-16-34(39(35,36)21-4-2-1-3-5-21)25-22(23)14-19(15-31-25)18-6-8-20(9-7-18)33-10-12-37-13-11-33/h1-5,14-18,20H,6-13H2/t18-,20+. The summed E-state index contributed by atoms with van der Waals surface area (Å²) in [6, 6.07) is 10.3. The van der Waals surface area contributed by atoms with Crippen LogP contribution in [-0.2, 0) is 20.9 Å². The first-order valence-corrected chi connectivity index (χ1v) is 15.2. The molecule has 1 saturated heterocycles. The van der Waals surface area contributed by atoms with Crippen molar-refractivity contribution in [1.82, 2.24) is 18.8 Å². The minimum absolute atomic E-state index is 0.0656. The van der Waals surface area contributed by atoms with E-state index in [4.69, 9.17) is 4.74 Å². The van der Waals surface area contributed by atoms with Crippen molar-refractivity contribution in [3.63, 3.8) is 0 Å². The lowest BCUT2D eigenvalue weighted by Crippen LogP contribution is -2.44. The number of hydrogen-bond acceptors (Lipinski definition) is 7. The third-order valence-electron chi connectivity index (χ3n) is 7.69. The van der Waals surface area contributed by atoms with Crippen molar-refractivity contribution in [1.29, 1.82) is 0 Å². The monoisotopic (exact) mass is 576 g/mol. The molecule has 0 radical (unpaired) electrons. The number of thiazole rings is 1. The van der Waals surface area contributed by atoms with Crippen LogP contribution in [0.2, 0.25) is 0 Å². The summed E-state index contributed by atoms with van der Waals surface area (Å²) in [5.74, 6) is 0.239. The van der Waals surface area contributed by atoms with Crippen LogP contribution in [0, 0.1) is 0 Å². The highest BCUT2D eigenvalue weighted by Crippen LogP contribution is 2.40. The minimum Gasteiger partial charge on any atom is -0.379 e. The highest BCUT2D eigenvalue weighted by Gasteiger charge is 2.35. The summed E-state index contributed by atoms with van der Waals surface area (Å²) in [4.78, 5) is 10.9. The van der Waals surface area contributed by atoms with E-state index in [1.165, 1.54) is 18.3 Å². The van der Waals surface area contributed by atoms with E-state index in [1.807, 2.05) is 6.07 Å². The average molecular weight is 577 g/mol. The van der Waals surface area contributed by atoms with Crippen molar-refractivity contribution in [2.24, 2.45) is 0 Å². The highest BCUT2D eigenvalue weighted by atomic mass is 32.2. The summed E-state index contributed by atoms with van der Waals surface area (Å²) in [6.07, 6.45) is 2.47. The lowest BCUT2D eigenvalue weighted by molar-refractivity contribution is -0.140. The number of nitrogens with zero attached hydrogens (tertiary/aromatic N) is 4. The maximum absolute atomic E-state index is 13.5. The van der Waals surface area contributed by atoms with Gasteiger partial charge < -0.3 is 4.74 Å². The van der Waals surface area contributed by atoms with Gasteiger partial charge in [0.2, 0.25) is 0 Å². The SMILES string of the molecule is O=S(=O)(c1ccccc1)n1cc(-c2nc(C(F)(F)F)cs2)c2cc([C@H]3CC[C@@H](N4CCOCC4)CC3)cnc21. The smallest absolute Gasteiger partial charge is 0.379 e. The van der Waals surface area contributed by atoms with Crippen LogP contribution in [0.3, 0.4) is 0 Å². The zero-order valence-corrected chi connectivity index (χ0v) is 22.6. The highest BCUT2D eigenvalue weighted by molar-refractivity contribution is 7.90.